The molecule has 0 radical (unpaired) electrons. The molecule has 2 N–H and O–H groups in total. The van der Waals surface area contributed by atoms with Crippen molar-refractivity contribution in [2.75, 3.05) is 0 Å². The second-order valence-electron chi connectivity index (χ2n) is 4.87. The zero-order valence-electron chi connectivity index (χ0n) is 13.2. The summed E-state index contributed by atoms with van der Waals surface area (Å²) in [4.78, 5) is 10.3. The number of carboxylic acid groups (broad SMARTS) is 1. The minimum Gasteiger partial charge on any atom is -1.00 e. The van der Waals surface area contributed by atoms with Gasteiger partial charge in [0.25, 0.3) is 0 Å². The van der Waals surface area contributed by atoms with E-state index in [0.717, 1.165) is 12.8 Å². The maximum atomic E-state index is 10.3. The van der Waals surface area contributed by atoms with Crippen LogP contribution in [0.4, 0.5) is 0 Å². The molecule has 1 atom stereocenters. The first-order valence-corrected chi connectivity index (χ1v) is 7.06. The Hall–Kier alpha value is 1.07. The molecule has 0 aliphatic carbocycles. The van der Waals surface area contributed by atoms with Crippen molar-refractivity contribution in [3.63, 3.8) is 0 Å². The second-order valence-corrected chi connectivity index (χ2v) is 4.87. The molecular weight excluding hydrogens is 255 g/mol. The summed E-state index contributed by atoms with van der Waals surface area (Å²) in [5.41, 5.74) is 0. The number of hydrogen-bond acceptors (Lipinski definition) is 2. The van der Waals surface area contributed by atoms with Crippen LogP contribution in [0.2, 0.25) is 0 Å². The number of hydrogen-bond donors (Lipinski definition) is 2. The number of aliphatic hydroxyl groups is 1. The summed E-state index contributed by atoms with van der Waals surface area (Å²) in [6.45, 7) is 2.22. The van der Waals surface area contributed by atoms with Gasteiger partial charge >= 0.3 is 57.4 Å². The summed E-state index contributed by atoms with van der Waals surface area (Å²) in [5.74, 6) is -0.909. The van der Waals surface area contributed by atoms with E-state index in [-0.39, 0.29) is 59.2 Å². The predicted octanol–water partition coefficient (Wildman–Crippen LogP) is 0.859. The average Bonchev–Trinajstić information content (AvgIpc) is 2.26. The van der Waals surface area contributed by atoms with Crippen molar-refractivity contribution in [1.82, 2.24) is 0 Å². The molecule has 0 amide bonds. The van der Waals surface area contributed by atoms with Crippen LogP contribution in [0.1, 0.15) is 79.0 Å². The monoisotopic (exact) mass is 284 g/mol. The third kappa shape index (κ3) is 17.1. The molecule has 0 aliphatic rings. The molecule has 0 aromatic rings. The summed E-state index contributed by atoms with van der Waals surface area (Å²) in [6, 6.07) is 0. The summed E-state index contributed by atoms with van der Waals surface area (Å²) in [6.07, 6.45) is 11.1. The van der Waals surface area contributed by atoms with Gasteiger partial charge in [-0.15, -0.1) is 0 Å². The first-order chi connectivity index (χ1) is 8.16. The van der Waals surface area contributed by atoms with E-state index < -0.39 is 12.1 Å². The maximum Gasteiger partial charge on any atom is 1.00 e. The van der Waals surface area contributed by atoms with Crippen LogP contribution in [0.15, 0.2) is 0 Å². The smallest absolute Gasteiger partial charge is 1.00 e. The van der Waals surface area contributed by atoms with Gasteiger partial charge in [0.05, 0.1) is 12.5 Å². The van der Waals surface area contributed by atoms with E-state index >= 15 is 0 Å². The number of unbranched alkanes of at least 4 members (excludes halogenated alkanes) is 8. The largest absolute Gasteiger partial charge is 1.00 e. The zero-order valence-corrected chi connectivity index (χ0v) is 15.3. The third-order valence-electron chi connectivity index (χ3n) is 3.05. The molecule has 0 aromatic heterocycles. The van der Waals surface area contributed by atoms with E-state index in [0.29, 0.717) is 6.42 Å². The Kier molecular flexibility index (Phi) is 19.1. The molecule has 0 spiro atoms. The normalized spacial score (nSPS) is 11.9. The van der Waals surface area contributed by atoms with E-state index in [1.165, 1.54) is 44.9 Å². The van der Waals surface area contributed by atoms with Crippen LogP contribution >= 0.6 is 0 Å². The molecule has 0 bridgehead atoms. The summed E-state index contributed by atoms with van der Waals surface area (Å²) in [5, 5.41) is 17.8. The molecule has 4 heteroatoms. The Labute approximate surface area is 156 Å². The zero-order chi connectivity index (χ0) is 12.9. The van der Waals surface area contributed by atoms with Gasteiger partial charge in [-0.25, -0.2) is 0 Å². The molecule has 0 fully saturated rings. The van der Waals surface area contributed by atoms with Crippen molar-refractivity contribution in [3.05, 3.63) is 0 Å². The number of rotatable bonds is 12. The molecule has 0 heterocycles. The van der Waals surface area contributed by atoms with Crippen LogP contribution in [0.5, 0.6) is 0 Å². The van der Waals surface area contributed by atoms with Crippen molar-refractivity contribution in [3.8, 4) is 0 Å². The maximum absolute atomic E-state index is 10.3. The van der Waals surface area contributed by atoms with Gasteiger partial charge < -0.3 is 11.6 Å². The molecule has 104 valence electrons. The Morgan fingerprint density at radius 3 is 1.89 bits per heavy atom. The summed E-state index contributed by atoms with van der Waals surface area (Å²) < 4.78 is 0. The van der Waals surface area contributed by atoms with Crippen molar-refractivity contribution < 1.29 is 67.8 Å². The van der Waals surface area contributed by atoms with Crippen molar-refractivity contribution in [2.45, 2.75) is 83.7 Å². The van der Waals surface area contributed by atoms with Crippen molar-refractivity contribution >= 4 is 5.97 Å². The van der Waals surface area contributed by atoms with E-state index in [4.69, 9.17) is 5.11 Å². The number of aliphatic carboxylic acids is 1. The first-order valence-electron chi connectivity index (χ1n) is 7.06. The number of aliphatic hydroxyl groups excluding tert-OH is 1. The molecule has 0 saturated carbocycles. The first kappa shape index (κ1) is 21.4. The molecule has 1 unspecified atom stereocenters. The quantitative estimate of drug-likeness (QED) is 0.413. The second kappa shape index (κ2) is 16.1. The van der Waals surface area contributed by atoms with E-state index in [1.54, 1.807) is 0 Å². The Balaban J connectivity index is -0.00000128. The van der Waals surface area contributed by atoms with Crippen LogP contribution in [-0.4, -0.2) is 22.3 Å². The van der Waals surface area contributed by atoms with Crippen LogP contribution in [0, 0.1) is 0 Å². The number of carboxylic acids is 1. The minimum atomic E-state index is -0.909. The van der Waals surface area contributed by atoms with Crippen LogP contribution in [0.3, 0.4) is 0 Å². The SMILES string of the molecule is CCCCCCCCCCCC(O)CC(=O)O.[H-].[K+]. The molecule has 0 rings (SSSR count). The van der Waals surface area contributed by atoms with Gasteiger partial charge in [0.1, 0.15) is 0 Å². The average molecular weight is 284 g/mol. The Morgan fingerprint density at radius 2 is 1.44 bits per heavy atom. The van der Waals surface area contributed by atoms with Crippen LogP contribution in [-0.2, 0) is 4.79 Å². The molecular formula is C14H29KO3. The van der Waals surface area contributed by atoms with Gasteiger partial charge in [-0.3, -0.25) is 4.79 Å². The number of carbonyl (C=O) groups is 1. The Bertz CT molecular complexity index is 192. The van der Waals surface area contributed by atoms with E-state index in [2.05, 4.69) is 6.92 Å². The molecule has 18 heavy (non-hydrogen) atoms. The van der Waals surface area contributed by atoms with Crippen LogP contribution < -0.4 is 51.4 Å². The van der Waals surface area contributed by atoms with Gasteiger partial charge in [-0.1, -0.05) is 64.7 Å². The third-order valence-corrected chi connectivity index (χ3v) is 3.05. The van der Waals surface area contributed by atoms with Gasteiger partial charge in [0.15, 0.2) is 0 Å². The van der Waals surface area contributed by atoms with Crippen molar-refractivity contribution in [2.24, 2.45) is 0 Å². The Morgan fingerprint density at radius 1 is 1.00 bits per heavy atom. The van der Waals surface area contributed by atoms with Gasteiger partial charge in [0.2, 0.25) is 0 Å². The van der Waals surface area contributed by atoms with Crippen molar-refractivity contribution in [1.29, 1.82) is 0 Å². The molecule has 0 aromatic carbocycles. The van der Waals surface area contributed by atoms with Gasteiger partial charge in [-0.05, 0) is 6.42 Å². The summed E-state index contributed by atoms with van der Waals surface area (Å²) >= 11 is 0. The molecule has 0 saturated heterocycles. The molecule has 0 aliphatic heterocycles. The van der Waals surface area contributed by atoms with E-state index in [9.17, 15) is 9.90 Å². The van der Waals surface area contributed by atoms with Gasteiger partial charge in [-0.2, -0.15) is 0 Å². The van der Waals surface area contributed by atoms with E-state index in [1.807, 2.05) is 0 Å². The summed E-state index contributed by atoms with van der Waals surface area (Å²) in [7, 11) is 0. The fourth-order valence-electron chi connectivity index (χ4n) is 1.99. The minimum absolute atomic E-state index is 0. The standard InChI is InChI=1S/C14H28O3.K.H/c1-2-3-4-5-6-7-8-9-10-11-13(15)12-14(16)17;;/h13,15H,2-12H2,1H3,(H,16,17);;/q;+1;-1. The predicted molar refractivity (Wildman–Crippen MR) is 71.2 cm³/mol. The fourth-order valence-corrected chi connectivity index (χ4v) is 1.99. The van der Waals surface area contributed by atoms with Gasteiger partial charge in [0, 0.05) is 0 Å². The van der Waals surface area contributed by atoms with Crippen LogP contribution in [0.25, 0.3) is 0 Å². The topological polar surface area (TPSA) is 57.5 Å². The fraction of sp³-hybridized carbons (Fsp3) is 0.929. The molecule has 3 nitrogen and oxygen atoms in total.